The summed E-state index contributed by atoms with van der Waals surface area (Å²) in [5.41, 5.74) is 3.39. The lowest BCUT2D eigenvalue weighted by Gasteiger charge is -2.26. The van der Waals surface area contributed by atoms with Crippen LogP contribution in [-0.2, 0) is 16.0 Å². The van der Waals surface area contributed by atoms with Crippen molar-refractivity contribution in [1.29, 1.82) is 0 Å². The van der Waals surface area contributed by atoms with E-state index in [2.05, 4.69) is 5.32 Å². The molecule has 1 aliphatic rings. The molecule has 5 nitrogen and oxygen atoms in total. The molecule has 5 heteroatoms. The van der Waals surface area contributed by atoms with Crippen LogP contribution in [0.1, 0.15) is 21.5 Å². The molecule has 0 aliphatic carbocycles. The summed E-state index contributed by atoms with van der Waals surface area (Å²) in [6, 6.07) is 14.8. The molecule has 0 bridgehead atoms. The lowest BCUT2D eigenvalue weighted by atomic mass is 10.1. The van der Waals surface area contributed by atoms with Crippen molar-refractivity contribution in [3.05, 3.63) is 65.2 Å². The van der Waals surface area contributed by atoms with Gasteiger partial charge in [-0.1, -0.05) is 29.8 Å². The third-order valence-electron chi connectivity index (χ3n) is 4.24. The molecular weight excluding hydrogens is 316 g/mol. The van der Waals surface area contributed by atoms with Crippen molar-refractivity contribution >= 4 is 17.5 Å². The molecule has 0 saturated carbocycles. The van der Waals surface area contributed by atoms with Crippen molar-refractivity contribution in [3.63, 3.8) is 0 Å². The molecule has 0 aromatic heterocycles. The number of hydrogen-bond acceptors (Lipinski definition) is 3. The number of anilines is 1. The van der Waals surface area contributed by atoms with E-state index in [0.717, 1.165) is 11.1 Å². The monoisotopic (exact) mass is 338 g/mol. The van der Waals surface area contributed by atoms with Gasteiger partial charge in [-0.05, 0) is 36.8 Å². The molecule has 1 fully saturated rings. The highest BCUT2D eigenvalue weighted by Gasteiger charge is 2.16. The Labute approximate surface area is 147 Å². The van der Waals surface area contributed by atoms with Gasteiger partial charge in [-0.3, -0.25) is 9.59 Å². The zero-order valence-corrected chi connectivity index (χ0v) is 14.3. The molecule has 2 aromatic rings. The van der Waals surface area contributed by atoms with Crippen molar-refractivity contribution < 1.29 is 14.3 Å². The highest BCUT2D eigenvalue weighted by atomic mass is 16.5. The number of morpholine rings is 1. The fraction of sp³-hybridized carbons (Fsp3) is 0.300. The van der Waals surface area contributed by atoms with Crippen molar-refractivity contribution in [2.75, 3.05) is 31.6 Å². The van der Waals surface area contributed by atoms with Gasteiger partial charge in [0.15, 0.2) is 0 Å². The number of hydrogen-bond donors (Lipinski definition) is 1. The number of nitrogens with zero attached hydrogens (tertiary/aromatic N) is 1. The molecule has 1 aliphatic heterocycles. The average Bonchev–Trinajstić information content (AvgIpc) is 2.64. The Morgan fingerprint density at radius 2 is 1.64 bits per heavy atom. The van der Waals surface area contributed by atoms with Gasteiger partial charge in [0.1, 0.15) is 0 Å². The molecule has 25 heavy (non-hydrogen) atoms. The number of amides is 2. The molecule has 0 spiro atoms. The first-order valence-corrected chi connectivity index (χ1v) is 8.44. The number of nitrogens with one attached hydrogen (secondary N) is 1. The van der Waals surface area contributed by atoms with E-state index in [-0.39, 0.29) is 11.8 Å². The maximum atomic E-state index is 12.2. The highest BCUT2D eigenvalue weighted by Crippen LogP contribution is 2.13. The van der Waals surface area contributed by atoms with E-state index >= 15 is 0 Å². The smallest absolute Gasteiger partial charge is 0.255 e. The van der Waals surface area contributed by atoms with Crippen LogP contribution < -0.4 is 5.32 Å². The molecule has 2 aromatic carbocycles. The first kappa shape index (κ1) is 17.2. The number of benzene rings is 2. The van der Waals surface area contributed by atoms with Gasteiger partial charge in [0.05, 0.1) is 19.6 Å². The van der Waals surface area contributed by atoms with E-state index in [1.807, 2.05) is 48.2 Å². The first-order valence-electron chi connectivity index (χ1n) is 8.44. The third-order valence-corrected chi connectivity index (χ3v) is 4.24. The fourth-order valence-corrected chi connectivity index (χ4v) is 2.71. The van der Waals surface area contributed by atoms with E-state index in [9.17, 15) is 9.59 Å². The Morgan fingerprint density at radius 1 is 1.00 bits per heavy atom. The summed E-state index contributed by atoms with van der Waals surface area (Å²) in [5, 5.41) is 2.87. The summed E-state index contributed by atoms with van der Waals surface area (Å²) in [6.07, 6.45) is 0.367. The minimum Gasteiger partial charge on any atom is -0.378 e. The van der Waals surface area contributed by atoms with Gasteiger partial charge in [0, 0.05) is 24.3 Å². The van der Waals surface area contributed by atoms with Crippen LogP contribution in [0.25, 0.3) is 0 Å². The second-order valence-electron chi connectivity index (χ2n) is 6.19. The summed E-state index contributed by atoms with van der Waals surface area (Å²) in [5.74, 6) is -0.0307. The molecule has 130 valence electrons. The number of aryl methyl sites for hydroxylation is 1. The summed E-state index contributed by atoms with van der Waals surface area (Å²) in [6.45, 7) is 4.51. The van der Waals surface area contributed by atoms with Gasteiger partial charge < -0.3 is 15.0 Å². The van der Waals surface area contributed by atoms with Crippen LogP contribution in [0, 0.1) is 6.92 Å². The quantitative estimate of drug-likeness (QED) is 0.932. The van der Waals surface area contributed by atoms with Gasteiger partial charge in [-0.2, -0.15) is 0 Å². The second kappa shape index (κ2) is 7.94. The molecule has 1 saturated heterocycles. The lowest BCUT2D eigenvalue weighted by Crippen LogP contribution is -2.41. The Hall–Kier alpha value is -2.66. The Balaban J connectivity index is 1.57. The largest absolute Gasteiger partial charge is 0.378 e. The standard InChI is InChI=1S/C20H22N2O3/c1-15-2-6-17(7-3-15)20(24)21-18-8-4-16(5-9-18)14-19(23)22-10-12-25-13-11-22/h2-9H,10-14H2,1H3,(H,21,24). The molecule has 0 unspecified atom stereocenters. The van der Waals surface area contributed by atoms with E-state index in [4.69, 9.17) is 4.74 Å². The average molecular weight is 338 g/mol. The molecule has 2 amide bonds. The molecule has 3 rings (SSSR count). The zero-order valence-electron chi connectivity index (χ0n) is 14.3. The van der Waals surface area contributed by atoms with Crippen molar-refractivity contribution in [3.8, 4) is 0 Å². The number of carbonyl (C=O) groups excluding carboxylic acids is 2. The highest BCUT2D eigenvalue weighted by molar-refractivity contribution is 6.04. The topological polar surface area (TPSA) is 58.6 Å². The van der Waals surface area contributed by atoms with Gasteiger partial charge in [0.25, 0.3) is 5.91 Å². The normalized spacial score (nSPS) is 14.2. The van der Waals surface area contributed by atoms with Crippen LogP contribution in [0.3, 0.4) is 0 Å². The Bertz CT molecular complexity index is 733. The molecular formula is C20H22N2O3. The van der Waals surface area contributed by atoms with E-state index in [1.165, 1.54) is 0 Å². The van der Waals surface area contributed by atoms with Crippen LogP contribution in [0.4, 0.5) is 5.69 Å². The predicted molar refractivity (Wildman–Crippen MR) is 96.7 cm³/mol. The summed E-state index contributed by atoms with van der Waals surface area (Å²) >= 11 is 0. The van der Waals surface area contributed by atoms with E-state index < -0.39 is 0 Å². The van der Waals surface area contributed by atoms with Crippen LogP contribution in [0.5, 0.6) is 0 Å². The summed E-state index contributed by atoms with van der Waals surface area (Å²) in [4.78, 5) is 26.3. The van der Waals surface area contributed by atoms with Gasteiger partial charge >= 0.3 is 0 Å². The molecule has 1 N–H and O–H groups in total. The maximum absolute atomic E-state index is 12.2. The van der Waals surface area contributed by atoms with Crippen molar-refractivity contribution in [2.24, 2.45) is 0 Å². The third kappa shape index (κ3) is 4.67. The van der Waals surface area contributed by atoms with Gasteiger partial charge in [-0.15, -0.1) is 0 Å². The maximum Gasteiger partial charge on any atom is 0.255 e. The first-order chi connectivity index (χ1) is 12.1. The number of ether oxygens (including phenoxy) is 1. The lowest BCUT2D eigenvalue weighted by molar-refractivity contribution is -0.134. The number of rotatable bonds is 4. The van der Waals surface area contributed by atoms with Crippen LogP contribution in [0.2, 0.25) is 0 Å². The molecule has 1 heterocycles. The predicted octanol–water partition coefficient (Wildman–Crippen LogP) is 2.65. The van der Waals surface area contributed by atoms with Gasteiger partial charge in [0.2, 0.25) is 5.91 Å². The number of carbonyl (C=O) groups is 2. The van der Waals surface area contributed by atoms with Crippen molar-refractivity contribution in [2.45, 2.75) is 13.3 Å². The van der Waals surface area contributed by atoms with Crippen molar-refractivity contribution in [1.82, 2.24) is 4.90 Å². The van der Waals surface area contributed by atoms with Crippen LogP contribution >= 0.6 is 0 Å². The van der Waals surface area contributed by atoms with Gasteiger partial charge in [-0.25, -0.2) is 0 Å². The van der Waals surface area contributed by atoms with Crippen LogP contribution in [-0.4, -0.2) is 43.0 Å². The summed E-state index contributed by atoms with van der Waals surface area (Å²) < 4.78 is 5.26. The second-order valence-corrected chi connectivity index (χ2v) is 6.19. The molecule has 0 radical (unpaired) electrons. The molecule has 0 atom stereocenters. The van der Waals surface area contributed by atoms with E-state index in [1.54, 1.807) is 12.1 Å². The fourth-order valence-electron chi connectivity index (χ4n) is 2.71. The SMILES string of the molecule is Cc1ccc(C(=O)Nc2ccc(CC(=O)N3CCOCC3)cc2)cc1. The Kier molecular flexibility index (Phi) is 5.46. The Morgan fingerprint density at radius 3 is 2.28 bits per heavy atom. The van der Waals surface area contributed by atoms with E-state index in [0.29, 0.717) is 44.0 Å². The minimum absolute atomic E-state index is 0.111. The van der Waals surface area contributed by atoms with Crippen LogP contribution in [0.15, 0.2) is 48.5 Å². The minimum atomic E-state index is -0.142. The summed E-state index contributed by atoms with van der Waals surface area (Å²) in [7, 11) is 0. The zero-order chi connectivity index (χ0) is 17.6.